The second-order valence-corrected chi connectivity index (χ2v) is 6.40. The molecule has 0 saturated carbocycles. The molecule has 1 amide bonds. The van der Waals surface area contributed by atoms with Crippen LogP contribution < -0.4 is 5.32 Å². The van der Waals surface area contributed by atoms with Crippen LogP contribution in [0.3, 0.4) is 0 Å². The highest BCUT2D eigenvalue weighted by Gasteiger charge is 2.29. The lowest BCUT2D eigenvalue weighted by Gasteiger charge is -2.27. The third-order valence-corrected chi connectivity index (χ3v) is 3.19. The summed E-state index contributed by atoms with van der Waals surface area (Å²) in [7, 11) is 1.20. The van der Waals surface area contributed by atoms with Gasteiger partial charge in [-0.15, -0.1) is 0 Å². The van der Waals surface area contributed by atoms with E-state index in [1.165, 1.54) is 7.11 Å². The summed E-state index contributed by atoms with van der Waals surface area (Å²) in [6.45, 7) is 8.77. The van der Waals surface area contributed by atoms with Crippen LogP contribution in [0, 0.1) is 0 Å². The highest BCUT2D eigenvalue weighted by Crippen LogP contribution is 2.14. The van der Waals surface area contributed by atoms with Gasteiger partial charge in [0.2, 0.25) is 0 Å². The maximum Gasteiger partial charge on any atom is 0.407 e. The summed E-state index contributed by atoms with van der Waals surface area (Å²) in [5.74, 6) is -0.730. The SMILES string of the molecule is C=C(C(=O)OC)[C@@H](O)[C@H](Cc1ccccc1)NC(=O)OC(C)(C)C. The largest absolute Gasteiger partial charge is 0.466 e. The number of alkyl carbamates (subject to hydrolysis) is 1. The molecule has 2 atom stereocenters. The number of aliphatic hydroxyl groups excluding tert-OH is 1. The summed E-state index contributed by atoms with van der Waals surface area (Å²) in [6, 6.07) is 8.50. The van der Waals surface area contributed by atoms with Crippen LogP contribution in [0.4, 0.5) is 4.79 Å². The summed E-state index contributed by atoms with van der Waals surface area (Å²) in [5.41, 5.74) is 0.0795. The number of ether oxygens (including phenoxy) is 2. The van der Waals surface area contributed by atoms with Crippen LogP contribution in [0.15, 0.2) is 42.5 Å². The Morgan fingerprint density at radius 1 is 1.25 bits per heavy atom. The third-order valence-electron chi connectivity index (χ3n) is 3.19. The van der Waals surface area contributed by atoms with Gasteiger partial charge in [0.1, 0.15) is 11.7 Å². The summed E-state index contributed by atoms with van der Waals surface area (Å²) >= 11 is 0. The van der Waals surface area contributed by atoms with Crippen molar-refractivity contribution >= 4 is 12.1 Å². The number of benzene rings is 1. The smallest absolute Gasteiger partial charge is 0.407 e. The first-order chi connectivity index (χ1) is 11.1. The summed E-state index contributed by atoms with van der Waals surface area (Å²) in [4.78, 5) is 23.6. The van der Waals surface area contributed by atoms with Crippen LogP contribution in [-0.2, 0) is 20.7 Å². The molecule has 1 rings (SSSR count). The average Bonchev–Trinajstić information content (AvgIpc) is 2.51. The zero-order valence-corrected chi connectivity index (χ0v) is 14.5. The quantitative estimate of drug-likeness (QED) is 0.615. The Morgan fingerprint density at radius 2 is 1.83 bits per heavy atom. The van der Waals surface area contributed by atoms with E-state index in [0.717, 1.165) is 5.56 Å². The molecule has 6 nitrogen and oxygen atoms in total. The predicted octanol–water partition coefficient (Wildman–Crippen LogP) is 2.21. The Balaban J connectivity index is 2.92. The number of amides is 1. The summed E-state index contributed by atoms with van der Waals surface area (Å²) in [6.07, 6.45) is -1.68. The molecule has 1 aromatic rings. The van der Waals surface area contributed by atoms with E-state index in [0.29, 0.717) is 6.42 Å². The molecule has 0 aliphatic rings. The number of rotatable bonds is 6. The van der Waals surface area contributed by atoms with Crippen LogP contribution in [0.1, 0.15) is 26.3 Å². The van der Waals surface area contributed by atoms with E-state index in [1.807, 2.05) is 30.3 Å². The summed E-state index contributed by atoms with van der Waals surface area (Å²) < 4.78 is 9.79. The molecule has 0 saturated heterocycles. The summed E-state index contributed by atoms with van der Waals surface area (Å²) in [5, 5.41) is 13.0. The van der Waals surface area contributed by atoms with Crippen molar-refractivity contribution in [3.63, 3.8) is 0 Å². The lowest BCUT2D eigenvalue weighted by Crippen LogP contribution is -2.48. The molecule has 0 radical (unpaired) electrons. The monoisotopic (exact) mass is 335 g/mol. The van der Waals surface area contributed by atoms with Crippen molar-refractivity contribution in [2.45, 2.75) is 44.9 Å². The van der Waals surface area contributed by atoms with Crippen LogP contribution >= 0.6 is 0 Å². The molecule has 0 bridgehead atoms. The number of hydrogen-bond acceptors (Lipinski definition) is 5. The van der Waals surface area contributed by atoms with Gasteiger partial charge in [0.25, 0.3) is 0 Å². The van der Waals surface area contributed by atoms with E-state index in [9.17, 15) is 14.7 Å². The minimum atomic E-state index is -1.30. The maximum absolute atomic E-state index is 12.0. The van der Waals surface area contributed by atoms with Gasteiger partial charge < -0.3 is 19.9 Å². The van der Waals surface area contributed by atoms with Gasteiger partial charge in [-0.05, 0) is 32.8 Å². The highest BCUT2D eigenvalue weighted by molar-refractivity contribution is 5.89. The molecule has 0 spiro atoms. The third kappa shape index (κ3) is 6.42. The molecular weight excluding hydrogens is 310 g/mol. The number of carbonyl (C=O) groups excluding carboxylic acids is 2. The Morgan fingerprint density at radius 3 is 2.33 bits per heavy atom. The molecule has 0 aromatic heterocycles. The fraction of sp³-hybridized carbons (Fsp3) is 0.444. The van der Waals surface area contributed by atoms with E-state index < -0.39 is 29.8 Å². The van der Waals surface area contributed by atoms with Crippen molar-refractivity contribution in [2.75, 3.05) is 7.11 Å². The minimum Gasteiger partial charge on any atom is -0.466 e. The number of nitrogens with one attached hydrogen (secondary N) is 1. The Kier molecular flexibility index (Phi) is 6.97. The van der Waals surface area contributed by atoms with E-state index in [4.69, 9.17) is 4.74 Å². The molecule has 24 heavy (non-hydrogen) atoms. The number of esters is 1. The van der Waals surface area contributed by atoms with E-state index in [1.54, 1.807) is 20.8 Å². The van der Waals surface area contributed by atoms with Gasteiger partial charge in [-0.3, -0.25) is 0 Å². The molecule has 0 unspecified atom stereocenters. The van der Waals surface area contributed by atoms with E-state index in [-0.39, 0.29) is 5.57 Å². The Hall–Kier alpha value is -2.34. The van der Waals surface area contributed by atoms with Crippen LogP contribution in [0.25, 0.3) is 0 Å². The van der Waals surface area contributed by atoms with Crippen molar-refractivity contribution in [2.24, 2.45) is 0 Å². The standard InChI is InChI=1S/C18H25NO5/c1-12(16(21)23-5)15(20)14(11-13-9-7-6-8-10-13)19-17(22)24-18(2,3)4/h6-10,14-15,20H,1,11H2,2-5H3,(H,19,22)/t14-,15+/m0/s1. The Bertz CT molecular complexity index is 577. The molecule has 0 heterocycles. The first kappa shape index (κ1) is 19.7. The van der Waals surface area contributed by atoms with Gasteiger partial charge >= 0.3 is 12.1 Å². The van der Waals surface area contributed by atoms with Gasteiger partial charge in [0.05, 0.1) is 18.7 Å². The molecule has 2 N–H and O–H groups in total. The van der Waals surface area contributed by atoms with Gasteiger partial charge in [-0.1, -0.05) is 36.9 Å². The second-order valence-electron chi connectivity index (χ2n) is 6.40. The lowest BCUT2D eigenvalue weighted by molar-refractivity contribution is -0.137. The van der Waals surface area contributed by atoms with Gasteiger partial charge in [-0.2, -0.15) is 0 Å². The number of hydrogen-bond donors (Lipinski definition) is 2. The van der Waals surface area contributed by atoms with Gasteiger partial charge in [0, 0.05) is 0 Å². The Labute approximate surface area is 142 Å². The van der Waals surface area contributed by atoms with Crippen LogP contribution in [0.2, 0.25) is 0 Å². The lowest BCUT2D eigenvalue weighted by atomic mass is 9.97. The van der Waals surface area contributed by atoms with Crippen molar-refractivity contribution in [3.05, 3.63) is 48.0 Å². The van der Waals surface area contributed by atoms with Crippen LogP contribution in [-0.4, -0.2) is 42.0 Å². The van der Waals surface area contributed by atoms with Gasteiger partial charge in [0.15, 0.2) is 0 Å². The maximum atomic E-state index is 12.0. The second kappa shape index (κ2) is 8.49. The zero-order valence-electron chi connectivity index (χ0n) is 14.5. The van der Waals surface area contributed by atoms with Crippen molar-refractivity contribution < 1.29 is 24.2 Å². The van der Waals surface area contributed by atoms with Crippen molar-refractivity contribution in [3.8, 4) is 0 Å². The normalized spacial score (nSPS) is 13.5. The van der Waals surface area contributed by atoms with Gasteiger partial charge in [-0.25, -0.2) is 9.59 Å². The first-order valence-electron chi connectivity index (χ1n) is 7.62. The fourth-order valence-electron chi connectivity index (χ4n) is 2.06. The predicted molar refractivity (Wildman–Crippen MR) is 90.5 cm³/mol. The molecule has 0 aliphatic heterocycles. The number of carbonyl (C=O) groups is 2. The van der Waals surface area contributed by atoms with Crippen molar-refractivity contribution in [1.29, 1.82) is 0 Å². The van der Waals surface area contributed by atoms with E-state index in [2.05, 4.69) is 16.6 Å². The van der Waals surface area contributed by atoms with Crippen molar-refractivity contribution in [1.82, 2.24) is 5.32 Å². The number of methoxy groups -OCH3 is 1. The average molecular weight is 335 g/mol. The highest BCUT2D eigenvalue weighted by atomic mass is 16.6. The first-order valence-corrected chi connectivity index (χ1v) is 7.62. The van der Waals surface area contributed by atoms with E-state index >= 15 is 0 Å². The molecule has 0 aliphatic carbocycles. The topological polar surface area (TPSA) is 84.9 Å². The number of aliphatic hydroxyl groups is 1. The van der Waals surface area contributed by atoms with Crippen LogP contribution in [0.5, 0.6) is 0 Å². The minimum absolute atomic E-state index is 0.130. The fourth-order valence-corrected chi connectivity index (χ4v) is 2.06. The molecule has 132 valence electrons. The zero-order chi connectivity index (χ0) is 18.3. The molecule has 1 aromatic carbocycles. The molecule has 6 heteroatoms. The molecular formula is C18H25NO5. The molecule has 0 fully saturated rings.